The molecule has 1 aromatic heterocycles. The molecule has 3 aliphatic rings. The first-order chi connectivity index (χ1) is 18.9. The van der Waals surface area contributed by atoms with Gasteiger partial charge in [0.2, 0.25) is 0 Å². The number of rotatable bonds is 7. The number of likely N-dealkylation sites (tertiary alicyclic amines) is 1. The van der Waals surface area contributed by atoms with E-state index in [2.05, 4.69) is 52.5 Å². The molecule has 1 aliphatic carbocycles. The monoisotopic (exact) mass is 526 g/mol. The second-order valence-electron chi connectivity index (χ2n) is 12.0. The predicted octanol–water partition coefficient (Wildman–Crippen LogP) is 5.51. The number of piperidine rings is 1. The highest BCUT2D eigenvalue weighted by Crippen LogP contribution is 2.56. The summed E-state index contributed by atoms with van der Waals surface area (Å²) in [6.07, 6.45) is 6.12. The number of benzene rings is 2. The van der Waals surface area contributed by atoms with Crippen LogP contribution in [0.4, 0.5) is 0 Å². The van der Waals surface area contributed by atoms with Crippen LogP contribution < -0.4 is 10.1 Å². The fraction of sp³-hybridized carbons (Fsp3) is 0.500. The summed E-state index contributed by atoms with van der Waals surface area (Å²) < 4.78 is 11.1. The van der Waals surface area contributed by atoms with Crippen LogP contribution in [-0.2, 0) is 11.3 Å². The molecule has 0 radical (unpaired) electrons. The number of hydrogen-bond donors (Lipinski definition) is 2. The number of carbonyl (C=O) groups excluding carboxylic acids is 1. The highest BCUT2D eigenvalue weighted by molar-refractivity contribution is 5.94. The summed E-state index contributed by atoms with van der Waals surface area (Å²) in [6, 6.07) is 15.2. The van der Waals surface area contributed by atoms with Gasteiger partial charge in [0.05, 0.1) is 26.4 Å². The van der Waals surface area contributed by atoms with Crippen LogP contribution in [-0.4, -0.2) is 48.7 Å². The maximum Gasteiger partial charge on any atom is 0.251 e. The topological polar surface area (TPSA) is 90.4 Å². The van der Waals surface area contributed by atoms with Crippen molar-refractivity contribution in [3.63, 3.8) is 0 Å². The van der Waals surface area contributed by atoms with E-state index in [0.717, 1.165) is 50.0 Å². The molecular formula is C32H38N4O3. The lowest BCUT2D eigenvalue weighted by Crippen LogP contribution is -2.48. The first kappa shape index (κ1) is 25.9. The number of nitrogens with zero attached hydrogens (tertiary/aromatic N) is 2. The average Bonchev–Trinajstić information content (AvgIpc) is 3.39. The number of nitriles is 1. The lowest BCUT2D eigenvalue weighted by atomic mass is 9.56. The number of fused-ring (bicyclic) bond motifs is 1. The normalized spacial score (nSPS) is 26.0. The Balaban J connectivity index is 1.27. The Morgan fingerprint density at radius 1 is 1.26 bits per heavy atom. The number of nitrogens with one attached hydrogen (secondary N) is 2. The van der Waals surface area contributed by atoms with E-state index < -0.39 is 0 Å². The van der Waals surface area contributed by atoms with Gasteiger partial charge >= 0.3 is 0 Å². The Hall–Kier alpha value is -3.34. The largest absolute Gasteiger partial charge is 0.496 e. The Bertz CT molecular complexity index is 1400. The van der Waals surface area contributed by atoms with E-state index in [1.807, 2.05) is 25.3 Å². The Morgan fingerprint density at radius 3 is 2.69 bits per heavy atom. The predicted molar refractivity (Wildman–Crippen MR) is 150 cm³/mol. The zero-order valence-corrected chi connectivity index (χ0v) is 23.1. The van der Waals surface area contributed by atoms with Crippen molar-refractivity contribution in [3.05, 3.63) is 64.8 Å². The molecule has 0 bridgehead atoms. The van der Waals surface area contributed by atoms with Crippen LogP contribution in [0.15, 0.2) is 42.6 Å². The molecule has 39 heavy (non-hydrogen) atoms. The number of aromatic nitrogens is 1. The Kier molecular flexibility index (Phi) is 6.86. The molecular weight excluding hydrogens is 488 g/mol. The smallest absolute Gasteiger partial charge is 0.251 e. The molecule has 2 saturated heterocycles. The third kappa shape index (κ3) is 4.81. The van der Waals surface area contributed by atoms with E-state index in [0.29, 0.717) is 24.7 Å². The molecule has 2 atom stereocenters. The number of amides is 1. The fourth-order valence-electron chi connectivity index (χ4n) is 6.93. The summed E-state index contributed by atoms with van der Waals surface area (Å²) in [4.78, 5) is 18.9. The molecule has 2 unspecified atom stereocenters. The van der Waals surface area contributed by atoms with Crippen molar-refractivity contribution in [1.82, 2.24) is 15.2 Å². The first-order valence-electron chi connectivity index (χ1n) is 14.2. The van der Waals surface area contributed by atoms with Crippen molar-refractivity contribution in [2.45, 2.75) is 58.2 Å². The van der Waals surface area contributed by atoms with Crippen LogP contribution in [0.3, 0.4) is 0 Å². The number of aromatic amines is 1. The summed E-state index contributed by atoms with van der Waals surface area (Å²) in [5.41, 5.74) is 5.68. The van der Waals surface area contributed by atoms with Crippen molar-refractivity contribution in [1.29, 1.82) is 5.26 Å². The van der Waals surface area contributed by atoms with Gasteiger partial charge < -0.3 is 19.8 Å². The second kappa shape index (κ2) is 10.3. The maximum atomic E-state index is 12.9. The zero-order valence-electron chi connectivity index (χ0n) is 23.1. The molecule has 2 N–H and O–H groups in total. The van der Waals surface area contributed by atoms with Crippen LogP contribution in [0.25, 0.3) is 10.9 Å². The van der Waals surface area contributed by atoms with E-state index in [4.69, 9.17) is 9.47 Å². The third-order valence-electron chi connectivity index (χ3n) is 9.52. The molecule has 1 spiro atoms. The Labute approximate surface area is 230 Å². The molecule has 3 fully saturated rings. The van der Waals surface area contributed by atoms with Crippen molar-refractivity contribution < 1.29 is 14.3 Å². The van der Waals surface area contributed by atoms with Crippen LogP contribution in [0.1, 0.15) is 65.7 Å². The molecule has 7 nitrogen and oxygen atoms in total. The molecule has 204 valence electrons. The van der Waals surface area contributed by atoms with Crippen molar-refractivity contribution >= 4 is 16.8 Å². The van der Waals surface area contributed by atoms with Crippen LogP contribution >= 0.6 is 0 Å². The van der Waals surface area contributed by atoms with Gasteiger partial charge in [-0.2, -0.15) is 5.26 Å². The number of H-pyrrole nitrogens is 1. The van der Waals surface area contributed by atoms with Gasteiger partial charge in [0.25, 0.3) is 5.91 Å². The molecule has 1 saturated carbocycles. The van der Waals surface area contributed by atoms with Gasteiger partial charge in [-0.1, -0.05) is 12.1 Å². The first-order valence-corrected chi connectivity index (χ1v) is 14.2. The molecule has 3 aromatic rings. The van der Waals surface area contributed by atoms with Gasteiger partial charge in [-0.05, 0) is 86.9 Å². The van der Waals surface area contributed by atoms with Gasteiger partial charge in [-0.25, -0.2) is 0 Å². The lowest BCUT2D eigenvalue weighted by molar-refractivity contribution is -0.0453. The van der Waals surface area contributed by atoms with E-state index in [9.17, 15) is 10.1 Å². The number of ether oxygens (including phenoxy) is 2. The quantitative estimate of drug-likeness (QED) is 0.424. The molecule has 1 amide bonds. The summed E-state index contributed by atoms with van der Waals surface area (Å²) in [5, 5.41) is 13.8. The number of methoxy groups -OCH3 is 1. The maximum absolute atomic E-state index is 12.9. The SMILES string of the molecule is COc1cc(C)c2[nH]ccc2c1CN1CCC2(CC(C#N)C2)CC1c1ccc(C(=O)NC(C)C2COC2)cc1. The van der Waals surface area contributed by atoms with Gasteiger partial charge in [0, 0.05) is 58.7 Å². The van der Waals surface area contributed by atoms with Gasteiger partial charge in [0.1, 0.15) is 5.75 Å². The highest BCUT2D eigenvalue weighted by atomic mass is 16.5. The van der Waals surface area contributed by atoms with E-state index in [1.54, 1.807) is 7.11 Å². The van der Waals surface area contributed by atoms with Crippen molar-refractivity contribution in [2.75, 3.05) is 26.9 Å². The minimum atomic E-state index is -0.0342. The number of hydrogen-bond acceptors (Lipinski definition) is 5. The lowest BCUT2D eigenvalue weighted by Gasteiger charge is -2.53. The zero-order chi connectivity index (χ0) is 27.1. The van der Waals surface area contributed by atoms with Crippen LogP contribution in [0.5, 0.6) is 5.75 Å². The molecule has 6 rings (SSSR count). The minimum Gasteiger partial charge on any atom is -0.496 e. The van der Waals surface area contributed by atoms with Crippen molar-refractivity contribution in [3.8, 4) is 11.8 Å². The van der Waals surface area contributed by atoms with E-state index >= 15 is 0 Å². The van der Waals surface area contributed by atoms with Crippen molar-refractivity contribution in [2.24, 2.45) is 17.3 Å². The van der Waals surface area contributed by atoms with E-state index in [1.165, 1.54) is 22.1 Å². The highest BCUT2D eigenvalue weighted by Gasteiger charge is 2.49. The second-order valence-corrected chi connectivity index (χ2v) is 12.0. The van der Waals surface area contributed by atoms with E-state index in [-0.39, 0.29) is 29.3 Å². The number of carbonyl (C=O) groups is 1. The standard InChI is InChI=1S/C32H38N4O3/c1-20-12-29(38-3)27(26-8-10-34-30(20)26)17-36-11-9-32(13-22(14-32)16-33)15-28(36)23-4-6-24(7-5-23)31(37)35-21(2)25-18-39-19-25/h4-8,10,12,21-22,25,28,34H,9,11,13-15,17-19H2,1-3H3,(H,35,37). The molecule has 3 heterocycles. The fourth-order valence-corrected chi connectivity index (χ4v) is 6.93. The third-order valence-corrected chi connectivity index (χ3v) is 9.52. The molecule has 2 aromatic carbocycles. The summed E-state index contributed by atoms with van der Waals surface area (Å²) in [6.45, 7) is 7.34. The minimum absolute atomic E-state index is 0.0342. The molecule has 7 heteroatoms. The van der Waals surface area contributed by atoms with Gasteiger partial charge in [-0.3, -0.25) is 9.69 Å². The Morgan fingerprint density at radius 2 is 2.03 bits per heavy atom. The summed E-state index contributed by atoms with van der Waals surface area (Å²) >= 11 is 0. The summed E-state index contributed by atoms with van der Waals surface area (Å²) in [7, 11) is 1.75. The average molecular weight is 527 g/mol. The number of aryl methyl sites for hydroxylation is 1. The van der Waals surface area contributed by atoms with Gasteiger partial charge in [0.15, 0.2) is 0 Å². The summed E-state index contributed by atoms with van der Waals surface area (Å²) in [5.74, 6) is 1.46. The van der Waals surface area contributed by atoms with Crippen LogP contribution in [0.2, 0.25) is 0 Å². The van der Waals surface area contributed by atoms with Crippen LogP contribution in [0, 0.1) is 35.5 Å². The molecule has 2 aliphatic heterocycles. The van der Waals surface area contributed by atoms with Gasteiger partial charge in [-0.15, -0.1) is 0 Å².